The highest BCUT2D eigenvalue weighted by molar-refractivity contribution is 5.73. The molecule has 2 nitrogen and oxygen atoms in total. The number of rotatable bonds is 2. The zero-order chi connectivity index (χ0) is 8.65. The maximum absolute atomic E-state index is 11.0. The van der Waals surface area contributed by atoms with Gasteiger partial charge in [-0.15, -0.1) is 0 Å². The molecule has 1 aliphatic rings. The molecule has 0 aliphatic heterocycles. The third-order valence-electron chi connectivity index (χ3n) is 3.12. The molecule has 1 atom stereocenters. The highest BCUT2D eigenvalue weighted by Gasteiger charge is 2.44. The zero-order valence-electron chi connectivity index (χ0n) is 7.85. The van der Waals surface area contributed by atoms with Crippen molar-refractivity contribution in [2.45, 2.75) is 39.7 Å². The van der Waals surface area contributed by atoms with Crippen LogP contribution < -0.4 is 0 Å². The van der Waals surface area contributed by atoms with Crippen LogP contribution in [-0.2, 0) is 4.79 Å². The lowest BCUT2D eigenvalue weighted by atomic mass is 10.00. The van der Waals surface area contributed by atoms with Crippen molar-refractivity contribution in [3.63, 3.8) is 0 Å². The Morgan fingerprint density at radius 1 is 1.55 bits per heavy atom. The van der Waals surface area contributed by atoms with Crippen LogP contribution in [0.2, 0.25) is 0 Å². The van der Waals surface area contributed by atoms with E-state index >= 15 is 0 Å². The Hall–Kier alpha value is -0.530. The van der Waals surface area contributed by atoms with E-state index in [-0.39, 0.29) is 5.91 Å². The van der Waals surface area contributed by atoms with Crippen LogP contribution in [0.25, 0.3) is 0 Å². The maximum atomic E-state index is 11.0. The van der Waals surface area contributed by atoms with Gasteiger partial charge in [0.2, 0.25) is 5.91 Å². The van der Waals surface area contributed by atoms with E-state index in [1.54, 1.807) is 6.92 Å². The molecule has 1 saturated carbocycles. The Balaban J connectivity index is 2.53. The Morgan fingerprint density at radius 3 is 2.27 bits per heavy atom. The molecular formula is C9H17NO. The summed E-state index contributed by atoms with van der Waals surface area (Å²) in [4.78, 5) is 12.8. The van der Waals surface area contributed by atoms with Crippen molar-refractivity contribution in [1.29, 1.82) is 0 Å². The molecular weight excluding hydrogens is 138 g/mol. The topological polar surface area (TPSA) is 20.3 Å². The Labute approximate surface area is 68.6 Å². The van der Waals surface area contributed by atoms with E-state index in [4.69, 9.17) is 0 Å². The van der Waals surface area contributed by atoms with Gasteiger partial charge in [0, 0.05) is 20.0 Å². The van der Waals surface area contributed by atoms with E-state index in [9.17, 15) is 4.79 Å². The maximum Gasteiger partial charge on any atom is 0.219 e. The summed E-state index contributed by atoms with van der Waals surface area (Å²) in [5, 5.41) is 0. The fraction of sp³-hybridized carbons (Fsp3) is 0.889. The van der Waals surface area contributed by atoms with Crippen LogP contribution in [0.15, 0.2) is 0 Å². The third-order valence-corrected chi connectivity index (χ3v) is 3.12. The standard InChI is InChI=1S/C9H17NO/c1-7(9(3)5-6-9)10(4)8(2)11/h7H,5-6H2,1-4H3. The largest absolute Gasteiger partial charge is 0.343 e. The minimum atomic E-state index is 0.172. The van der Waals surface area contributed by atoms with Crippen molar-refractivity contribution in [3.8, 4) is 0 Å². The molecule has 1 rings (SSSR count). The molecule has 0 spiro atoms. The molecule has 0 heterocycles. The fourth-order valence-corrected chi connectivity index (χ4v) is 1.36. The molecule has 0 N–H and O–H groups in total. The smallest absolute Gasteiger partial charge is 0.219 e. The van der Waals surface area contributed by atoms with Crippen LogP contribution in [-0.4, -0.2) is 23.9 Å². The molecule has 64 valence electrons. The van der Waals surface area contributed by atoms with Gasteiger partial charge >= 0.3 is 0 Å². The zero-order valence-corrected chi connectivity index (χ0v) is 7.85. The van der Waals surface area contributed by atoms with Crippen LogP contribution in [0.3, 0.4) is 0 Å². The molecule has 1 aliphatic carbocycles. The lowest BCUT2D eigenvalue weighted by Crippen LogP contribution is -2.38. The molecule has 0 radical (unpaired) electrons. The Kier molecular flexibility index (Phi) is 1.95. The van der Waals surface area contributed by atoms with Crippen molar-refractivity contribution in [2.75, 3.05) is 7.05 Å². The second-order valence-corrected chi connectivity index (χ2v) is 3.96. The van der Waals surface area contributed by atoms with E-state index in [0.717, 1.165) is 0 Å². The summed E-state index contributed by atoms with van der Waals surface area (Å²) in [6.45, 7) is 6.01. The molecule has 0 aromatic heterocycles. The van der Waals surface area contributed by atoms with E-state index in [1.807, 2.05) is 11.9 Å². The number of carbonyl (C=O) groups excluding carboxylic acids is 1. The third kappa shape index (κ3) is 1.55. The molecule has 0 bridgehead atoms. The SMILES string of the molecule is CC(=O)N(C)C(C)C1(C)CC1. The van der Waals surface area contributed by atoms with Crippen molar-refractivity contribution in [1.82, 2.24) is 4.90 Å². The minimum Gasteiger partial charge on any atom is -0.343 e. The second kappa shape index (κ2) is 2.50. The summed E-state index contributed by atoms with van der Waals surface area (Å²) < 4.78 is 0. The molecule has 11 heavy (non-hydrogen) atoms. The van der Waals surface area contributed by atoms with Gasteiger partial charge in [0.1, 0.15) is 0 Å². The molecule has 2 heteroatoms. The first-order valence-electron chi connectivity index (χ1n) is 4.21. The first-order valence-corrected chi connectivity index (χ1v) is 4.21. The van der Waals surface area contributed by atoms with E-state index in [1.165, 1.54) is 12.8 Å². The summed E-state index contributed by atoms with van der Waals surface area (Å²) in [7, 11) is 1.89. The van der Waals surface area contributed by atoms with Gasteiger partial charge in [0.25, 0.3) is 0 Å². The molecule has 0 saturated heterocycles. The average molecular weight is 155 g/mol. The van der Waals surface area contributed by atoms with Gasteiger partial charge in [0.05, 0.1) is 0 Å². The minimum absolute atomic E-state index is 0.172. The summed E-state index contributed by atoms with van der Waals surface area (Å²) in [6, 6.07) is 0.403. The predicted molar refractivity (Wildman–Crippen MR) is 45.2 cm³/mol. The van der Waals surface area contributed by atoms with Crippen molar-refractivity contribution in [2.24, 2.45) is 5.41 Å². The quantitative estimate of drug-likeness (QED) is 0.594. The summed E-state index contributed by atoms with van der Waals surface area (Å²) in [5.41, 5.74) is 0.417. The normalized spacial score (nSPS) is 22.5. The van der Waals surface area contributed by atoms with Gasteiger partial charge in [-0.05, 0) is 25.2 Å². The second-order valence-electron chi connectivity index (χ2n) is 3.96. The summed E-state index contributed by atoms with van der Waals surface area (Å²) in [5.74, 6) is 0.172. The van der Waals surface area contributed by atoms with E-state index < -0.39 is 0 Å². The van der Waals surface area contributed by atoms with Gasteiger partial charge in [0.15, 0.2) is 0 Å². The van der Waals surface area contributed by atoms with Crippen molar-refractivity contribution < 1.29 is 4.79 Å². The van der Waals surface area contributed by atoms with E-state index in [2.05, 4.69) is 13.8 Å². The van der Waals surface area contributed by atoms with Gasteiger partial charge < -0.3 is 4.90 Å². The van der Waals surface area contributed by atoms with Crippen LogP contribution >= 0.6 is 0 Å². The molecule has 1 unspecified atom stereocenters. The van der Waals surface area contributed by atoms with Gasteiger partial charge in [-0.3, -0.25) is 4.79 Å². The monoisotopic (exact) mass is 155 g/mol. The van der Waals surface area contributed by atoms with Gasteiger partial charge in [-0.1, -0.05) is 6.92 Å². The van der Waals surface area contributed by atoms with Crippen LogP contribution in [0.4, 0.5) is 0 Å². The lowest BCUT2D eigenvalue weighted by molar-refractivity contribution is -0.130. The highest BCUT2D eigenvalue weighted by atomic mass is 16.2. The van der Waals surface area contributed by atoms with Crippen LogP contribution in [0.1, 0.15) is 33.6 Å². The number of hydrogen-bond donors (Lipinski definition) is 0. The van der Waals surface area contributed by atoms with Gasteiger partial charge in [-0.2, -0.15) is 0 Å². The Morgan fingerprint density at radius 2 is 2.00 bits per heavy atom. The molecule has 1 fully saturated rings. The number of nitrogens with zero attached hydrogens (tertiary/aromatic N) is 1. The van der Waals surface area contributed by atoms with E-state index in [0.29, 0.717) is 11.5 Å². The number of carbonyl (C=O) groups is 1. The fourth-order valence-electron chi connectivity index (χ4n) is 1.36. The van der Waals surface area contributed by atoms with Crippen molar-refractivity contribution >= 4 is 5.91 Å². The molecule has 1 amide bonds. The first kappa shape index (κ1) is 8.57. The van der Waals surface area contributed by atoms with Crippen molar-refractivity contribution in [3.05, 3.63) is 0 Å². The highest BCUT2D eigenvalue weighted by Crippen LogP contribution is 2.49. The number of hydrogen-bond acceptors (Lipinski definition) is 1. The summed E-state index contributed by atoms with van der Waals surface area (Å²) >= 11 is 0. The van der Waals surface area contributed by atoms with Gasteiger partial charge in [-0.25, -0.2) is 0 Å². The lowest BCUT2D eigenvalue weighted by Gasteiger charge is -2.28. The average Bonchev–Trinajstić information content (AvgIpc) is 2.66. The van der Waals surface area contributed by atoms with Crippen LogP contribution in [0.5, 0.6) is 0 Å². The predicted octanol–water partition coefficient (Wildman–Crippen LogP) is 1.65. The number of amides is 1. The first-order chi connectivity index (χ1) is 4.97. The van der Waals surface area contributed by atoms with Crippen LogP contribution in [0, 0.1) is 5.41 Å². The molecule has 0 aromatic carbocycles. The summed E-state index contributed by atoms with van der Waals surface area (Å²) in [6.07, 6.45) is 2.54. The Bertz CT molecular complexity index is 172. The molecule has 0 aromatic rings.